The molecule has 0 aliphatic rings. The van der Waals surface area contributed by atoms with Crippen LogP contribution in [0.3, 0.4) is 0 Å². The van der Waals surface area contributed by atoms with Crippen molar-refractivity contribution >= 4 is 45.0 Å². The Hall–Kier alpha value is -3.77. The summed E-state index contributed by atoms with van der Waals surface area (Å²) in [6.45, 7) is 0. The molecular formula is C27H20ClF2N3O. The van der Waals surface area contributed by atoms with Gasteiger partial charge in [-0.1, -0.05) is 35.9 Å². The van der Waals surface area contributed by atoms with Crippen LogP contribution in [0, 0.1) is 11.6 Å². The highest BCUT2D eigenvalue weighted by Gasteiger charge is 2.16. The SMILES string of the molecule is O=C(CCCc1c(-c2ccc3ccccc3n2)[nH]c2ccc(Cl)cc12)Nc1ccc(F)cc1F. The lowest BCUT2D eigenvalue weighted by Crippen LogP contribution is -2.12. The minimum absolute atomic E-state index is 0.0358. The maximum absolute atomic E-state index is 13.8. The van der Waals surface area contributed by atoms with Gasteiger partial charge in [-0.3, -0.25) is 4.79 Å². The summed E-state index contributed by atoms with van der Waals surface area (Å²) < 4.78 is 26.9. The van der Waals surface area contributed by atoms with Gasteiger partial charge in [0.1, 0.15) is 11.6 Å². The molecule has 2 aromatic heterocycles. The number of aromatic amines is 1. The summed E-state index contributed by atoms with van der Waals surface area (Å²) in [5.41, 5.74) is 4.49. The van der Waals surface area contributed by atoms with Crippen LogP contribution < -0.4 is 5.32 Å². The number of hydrogen-bond acceptors (Lipinski definition) is 2. The van der Waals surface area contributed by atoms with Crippen molar-refractivity contribution in [3.05, 3.63) is 95.0 Å². The number of pyridine rings is 1. The van der Waals surface area contributed by atoms with Gasteiger partial charge in [-0.05, 0) is 60.9 Å². The molecule has 170 valence electrons. The van der Waals surface area contributed by atoms with E-state index in [9.17, 15) is 13.6 Å². The fraction of sp³-hybridized carbons (Fsp3) is 0.111. The molecule has 0 fully saturated rings. The molecule has 0 aliphatic carbocycles. The Balaban J connectivity index is 1.40. The molecule has 7 heteroatoms. The average molecular weight is 476 g/mol. The lowest BCUT2D eigenvalue weighted by atomic mass is 10.0. The lowest BCUT2D eigenvalue weighted by Gasteiger charge is -2.08. The van der Waals surface area contributed by atoms with Crippen molar-refractivity contribution in [1.29, 1.82) is 0 Å². The van der Waals surface area contributed by atoms with Gasteiger partial charge in [0.05, 0.1) is 22.6 Å². The molecule has 0 spiro atoms. The number of H-pyrrole nitrogens is 1. The number of carbonyl (C=O) groups excluding carboxylic acids is 1. The Labute approximate surface area is 199 Å². The van der Waals surface area contributed by atoms with Crippen molar-refractivity contribution in [3.8, 4) is 11.4 Å². The van der Waals surface area contributed by atoms with Crippen LogP contribution in [0.2, 0.25) is 5.02 Å². The number of aryl methyl sites for hydroxylation is 1. The Bertz CT molecular complexity index is 1530. The van der Waals surface area contributed by atoms with Crippen molar-refractivity contribution in [2.45, 2.75) is 19.3 Å². The summed E-state index contributed by atoms with van der Waals surface area (Å²) in [5, 5.41) is 5.16. The van der Waals surface area contributed by atoms with Crippen molar-refractivity contribution in [2.75, 3.05) is 5.32 Å². The summed E-state index contributed by atoms with van der Waals surface area (Å²) in [5.74, 6) is -1.83. The summed E-state index contributed by atoms with van der Waals surface area (Å²) in [4.78, 5) is 20.7. The Morgan fingerprint density at radius 2 is 1.85 bits per heavy atom. The highest BCUT2D eigenvalue weighted by Crippen LogP contribution is 2.33. The Morgan fingerprint density at radius 1 is 1.00 bits per heavy atom. The van der Waals surface area contributed by atoms with Gasteiger partial charge in [-0.15, -0.1) is 0 Å². The zero-order valence-electron chi connectivity index (χ0n) is 18.0. The van der Waals surface area contributed by atoms with Crippen LogP contribution >= 0.6 is 11.6 Å². The van der Waals surface area contributed by atoms with E-state index < -0.39 is 11.6 Å². The number of para-hydroxylation sites is 1. The first-order valence-corrected chi connectivity index (χ1v) is 11.3. The molecule has 5 rings (SSSR count). The number of hydrogen-bond donors (Lipinski definition) is 2. The first-order chi connectivity index (χ1) is 16.5. The third-order valence-electron chi connectivity index (χ3n) is 5.76. The van der Waals surface area contributed by atoms with E-state index in [0.29, 0.717) is 17.9 Å². The van der Waals surface area contributed by atoms with Crippen LogP contribution in [0.1, 0.15) is 18.4 Å². The van der Waals surface area contributed by atoms with Gasteiger partial charge >= 0.3 is 0 Å². The number of carbonyl (C=O) groups is 1. The number of benzene rings is 3. The third kappa shape index (κ3) is 4.50. The highest BCUT2D eigenvalue weighted by atomic mass is 35.5. The molecule has 0 saturated heterocycles. The molecular weight excluding hydrogens is 456 g/mol. The van der Waals surface area contributed by atoms with Gasteiger partial charge in [-0.25, -0.2) is 13.8 Å². The smallest absolute Gasteiger partial charge is 0.224 e. The van der Waals surface area contributed by atoms with Crippen LogP contribution in [0.5, 0.6) is 0 Å². The van der Waals surface area contributed by atoms with E-state index >= 15 is 0 Å². The second-order valence-corrected chi connectivity index (χ2v) is 8.52. The number of halogens is 3. The number of nitrogens with zero attached hydrogens (tertiary/aromatic N) is 1. The van der Waals surface area contributed by atoms with Crippen molar-refractivity contribution in [3.63, 3.8) is 0 Å². The maximum atomic E-state index is 13.8. The third-order valence-corrected chi connectivity index (χ3v) is 5.99. The van der Waals surface area contributed by atoms with Gasteiger partial charge in [0.2, 0.25) is 5.91 Å². The summed E-state index contributed by atoms with van der Waals surface area (Å²) in [6, 6.07) is 20.6. The largest absolute Gasteiger partial charge is 0.353 e. The molecule has 34 heavy (non-hydrogen) atoms. The van der Waals surface area contributed by atoms with Gasteiger partial charge in [0.25, 0.3) is 0 Å². The molecule has 3 aromatic carbocycles. The number of amides is 1. The van der Waals surface area contributed by atoms with E-state index in [4.69, 9.17) is 16.6 Å². The van der Waals surface area contributed by atoms with Gasteiger partial charge in [0.15, 0.2) is 0 Å². The van der Waals surface area contributed by atoms with Crippen LogP contribution in [-0.4, -0.2) is 15.9 Å². The summed E-state index contributed by atoms with van der Waals surface area (Å²) in [7, 11) is 0. The molecule has 0 bridgehead atoms. The van der Waals surface area contributed by atoms with Crippen LogP contribution in [0.25, 0.3) is 33.2 Å². The molecule has 0 radical (unpaired) electrons. The van der Waals surface area contributed by atoms with Crippen molar-refractivity contribution in [1.82, 2.24) is 9.97 Å². The predicted octanol–water partition coefficient (Wildman–Crippen LogP) is 7.28. The van der Waals surface area contributed by atoms with E-state index in [0.717, 1.165) is 50.9 Å². The number of rotatable bonds is 6. The number of anilines is 1. The van der Waals surface area contributed by atoms with Crippen molar-refractivity contribution < 1.29 is 13.6 Å². The molecule has 5 aromatic rings. The van der Waals surface area contributed by atoms with E-state index in [1.54, 1.807) is 0 Å². The zero-order valence-corrected chi connectivity index (χ0v) is 18.8. The van der Waals surface area contributed by atoms with Crippen LogP contribution in [0.4, 0.5) is 14.5 Å². The normalized spacial score (nSPS) is 11.3. The zero-order chi connectivity index (χ0) is 23.7. The van der Waals surface area contributed by atoms with Crippen molar-refractivity contribution in [2.24, 2.45) is 0 Å². The number of aromatic nitrogens is 2. The minimum atomic E-state index is -0.802. The molecule has 0 aliphatic heterocycles. The number of nitrogens with one attached hydrogen (secondary N) is 2. The second-order valence-electron chi connectivity index (χ2n) is 8.08. The quantitative estimate of drug-likeness (QED) is 0.271. The van der Waals surface area contributed by atoms with E-state index in [1.165, 1.54) is 6.07 Å². The molecule has 1 amide bonds. The topological polar surface area (TPSA) is 57.8 Å². The Morgan fingerprint density at radius 3 is 2.71 bits per heavy atom. The fourth-order valence-electron chi connectivity index (χ4n) is 4.13. The van der Waals surface area contributed by atoms with E-state index in [2.05, 4.69) is 10.3 Å². The van der Waals surface area contributed by atoms with Crippen LogP contribution in [-0.2, 0) is 11.2 Å². The average Bonchev–Trinajstić information content (AvgIpc) is 3.18. The predicted molar refractivity (Wildman–Crippen MR) is 132 cm³/mol. The van der Waals surface area contributed by atoms with E-state index in [1.807, 2.05) is 54.6 Å². The molecule has 0 saturated carbocycles. The van der Waals surface area contributed by atoms with E-state index in [-0.39, 0.29) is 18.0 Å². The molecule has 0 unspecified atom stereocenters. The Kier molecular flexibility index (Phi) is 5.99. The molecule has 2 heterocycles. The standard InChI is InChI=1S/C27H20ClF2N3O/c28-17-9-12-23-20(14-17)19(5-3-7-26(34)32-24-13-10-18(29)15-21(24)30)27(33-23)25-11-8-16-4-1-2-6-22(16)31-25/h1-2,4,6,8-15,33H,3,5,7H2,(H,32,34). The summed E-state index contributed by atoms with van der Waals surface area (Å²) in [6.07, 6.45) is 1.28. The fourth-order valence-corrected chi connectivity index (χ4v) is 4.30. The minimum Gasteiger partial charge on any atom is -0.353 e. The van der Waals surface area contributed by atoms with Gasteiger partial charge < -0.3 is 10.3 Å². The van der Waals surface area contributed by atoms with Gasteiger partial charge in [0, 0.05) is 33.8 Å². The number of fused-ring (bicyclic) bond motifs is 2. The van der Waals surface area contributed by atoms with Crippen LogP contribution in [0.15, 0.2) is 72.8 Å². The van der Waals surface area contributed by atoms with Gasteiger partial charge in [-0.2, -0.15) is 0 Å². The second kappa shape index (κ2) is 9.23. The first-order valence-electron chi connectivity index (χ1n) is 10.9. The maximum Gasteiger partial charge on any atom is 0.224 e. The molecule has 4 nitrogen and oxygen atoms in total. The lowest BCUT2D eigenvalue weighted by molar-refractivity contribution is -0.116. The first kappa shape index (κ1) is 22.0. The highest BCUT2D eigenvalue weighted by molar-refractivity contribution is 6.31. The summed E-state index contributed by atoms with van der Waals surface area (Å²) >= 11 is 6.27. The monoisotopic (exact) mass is 475 g/mol. The molecule has 0 atom stereocenters. The molecule has 2 N–H and O–H groups in total.